The van der Waals surface area contributed by atoms with Crippen molar-refractivity contribution in [3.8, 4) is 22.8 Å². The highest BCUT2D eigenvalue weighted by Crippen LogP contribution is 2.23. The Bertz CT molecular complexity index is 2840. The van der Waals surface area contributed by atoms with Gasteiger partial charge >= 0.3 is 0 Å². The molecule has 0 bridgehead atoms. The third-order valence-corrected chi connectivity index (χ3v) is 12.4. The number of hydrogen-bond donors (Lipinski definition) is 2. The largest absolute Gasteiger partial charge is 0.356 e. The van der Waals surface area contributed by atoms with Crippen molar-refractivity contribution in [1.29, 1.82) is 0 Å². The molecule has 0 aliphatic heterocycles. The molecule has 0 aliphatic rings. The number of carbonyl (C=O) groups is 2. The lowest BCUT2D eigenvalue weighted by Gasteiger charge is -2.22. The van der Waals surface area contributed by atoms with E-state index in [-0.39, 0.29) is 55.7 Å². The number of hydrogen-bond acceptors (Lipinski definition) is 15. The molecular weight excluding hydrogens is 901 g/mol. The molecule has 4 aromatic carbocycles. The van der Waals surface area contributed by atoms with Crippen LogP contribution in [-0.4, -0.2) is 95.3 Å². The van der Waals surface area contributed by atoms with E-state index in [1.165, 1.54) is 28.6 Å². The number of benzene rings is 4. The maximum absolute atomic E-state index is 12.4. The Balaban J connectivity index is 0.000000252. The van der Waals surface area contributed by atoms with Crippen molar-refractivity contribution in [1.82, 2.24) is 46.2 Å². The fraction of sp³-hybridized carbons (Fsp3) is 0.222. The van der Waals surface area contributed by atoms with Gasteiger partial charge in [0.1, 0.15) is 0 Å². The highest BCUT2D eigenvalue weighted by atomic mass is 32.2. The Kier molecular flexibility index (Phi) is 17.9. The molecule has 348 valence electrons. The lowest BCUT2D eigenvalue weighted by Crippen LogP contribution is -2.33. The summed E-state index contributed by atoms with van der Waals surface area (Å²) in [6, 6.07) is 28.5. The summed E-state index contributed by atoms with van der Waals surface area (Å²) >= 11 is 0. The minimum Gasteiger partial charge on any atom is -0.356 e. The number of amides is 2. The standard InChI is InChI=1S/C23H24N6O5S.C22H24N6O3S/c1-3-35(33,34)28(20-9-11-21(12-10-20)29(31)32)14-4-13-24-22(30)15-18-5-7-19(8-6-18)23-25-16-17(2)26-27-23;1-3-32(30,31)28(20-8-5-4-6-9-20)15-7-14-23-21(29)16-18-10-12-19(13-11-18)22-26-24-17(2)25-27-22/h3,5-12,16H,1,4,13-15H2,2H3,(H,24,30);3-6,8-13H,1,7,14-16H2,2H3,(H,23,29). The van der Waals surface area contributed by atoms with Crippen LogP contribution in [0.2, 0.25) is 0 Å². The summed E-state index contributed by atoms with van der Waals surface area (Å²) in [6.45, 7) is 11.1. The molecule has 0 radical (unpaired) electrons. The summed E-state index contributed by atoms with van der Waals surface area (Å²) < 4.78 is 51.8. The van der Waals surface area contributed by atoms with Crippen molar-refractivity contribution >= 4 is 48.9 Å². The molecule has 0 aliphatic carbocycles. The van der Waals surface area contributed by atoms with Gasteiger partial charge in [-0.15, -0.1) is 25.5 Å². The number of nitro groups is 1. The smallest absolute Gasteiger partial charge is 0.269 e. The van der Waals surface area contributed by atoms with Crippen molar-refractivity contribution in [3.05, 3.63) is 166 Å². The van der Waals surface area contributed by atoms with Crippen LogP contribution in [0.3, 0.4) is 0 Å². The van der Waals surface area contributed by atoms with Crippen molar-refractivity contribution < 1.29 is 31.3 Å². The number of aromatic nitrogens is 7. The number of rotatable bonds is 21. The second kappa shape index (κ2) is 23.9. The number of para-hydroxylation sites is 1. The van der Waals surface area contributed by atoms with Gasteiger partial charge in [0.2, 0.25) is 17.6 Å². The summed E-state index contributed by atoms with van der Waals surface area (Å²) in [5, 5.41) is 42.0. The molecule has 0 atom stereocenters. The average Bonchev–Trinajstić information content (AvgIpc) is 3.33. The van der Waals surface area contributed by atoms with Crippen LogP contribution in [0.1, 0.15) is 35.5 Å². The van der Waals surface area contributed by atoms with E-state index < -0.39 is 25.0 Å². The molecule has 2 amide bonds. The molecule has 2 N–H and O–H groups in total. The summed E-state index contributed by atoms with van der Waals surface area (Å²) in [5.74, 6) is 1.06. The van der Waals surface area contributed by atoms with E-state index >= 15 is 0 Å². The van der Waals surface area contributed by atoms with Gasteiger partial charge < -0.3 is 10.6 Å². The monoisotopic (exact) mass is 948 g/mol. The predicted octanol–water partition coefficient (Wildman–Crippen LogP) is 5.05. The topological polar surface area (TPSA) is 266 Å². The molecule has 0 unspecified atom stereocenters. The number of nitro benzene ring substituents is 1. The molecule has 2 heterocycles. The molecule has 0 spiro atoms. The van der Waals surface area contributed by atoms with E-state index in [1.54, 1.807) is 44.3 Å². The molecule has 0 saturated carbocycles. The first-order chi connectivity index (χ1) is 32.1. The van der Waals surface area contributed by atoms with E-state index in [4.69, 9.17) is 0 Å². The lowest BCUT2D eigenvalue weighted by molar-refractivity contribution is -0.384. The highest BCUT2D eigenvalue weighted by Gasteiger charge is 2.21. The molecule has 6 aromatic rings. The van der Waals surface area contributed by atoms with Crippen molar-refractivity contribution in [2.45, 2.75) is 39.5 Å². The third kappa shape index (κ3) is 15.1. The molecule has 6 rings (SSSR count). The second-order valence-electron chi connectivity index (χ2n) is 14.5. The van der Waals surface area contributed by atoms with Crippen molar-refractivity contribution in [3.63, 3.8) is 0 Å². The second-order valence-corrected chi connectivity index (χ2v) is 18.1. The predicted molar refractivity (Wildman–Crippen MR) is 253 cm³/mol. The van der Waals surface area contributed by atoms with Gasteiger partial charge in [0, 0.05) is 60.3 Å². The Hall–Kier alpha value is -7.85. The van der Waals surface area contributed by atoms with Crippen LogP contribution < -0.4 is 19.2 Å². The zero-order chi connectivity index (χ0) is 48.4. The van der Waals surface area contributed by atoms with E-state index in [0.29, 0.717) is 42.5 Å². The summed E-state index contributed by atoms with van der Waals surface area (Å²) in [6.07, 6.45) is 2.78. The summed E-state index contributed by atoms with van der Waals surface area (Å²) in [5.41, 5.74) is 4.59. The number of nitrogens with one attached hydrogen (secondary N) is 2. The van der Waals surface area contributed by atoms with Gasteiger partial charge in [0.05, 0.1) is 41.0 Å². The zero-order valence-corrected chi connectivity index (χ0v) is 38.3. The van der Waals surface area contributed by atoms with E-state index in [9.17, 15) is 36.5 Å². The molecule has 0 saturated heterocycles. The first-order valence-electron chi connectivity index (χ1n) is 20.6. The van der Waals surface area contributed by atoms with Crippen LogP contribution in [0, 0.1) is 24.0 Å². The normalized spacial score (nSPS) is 11.0. The number of sulfonamides is 2. The maximum atomic E-state index is 12.4. The molecular formula is C45H48N12O8S2. The van der Waals surface area contributed by atoms with Gasteiger partial charge in [-0.05, 0) is 62.1 Å². The van der Waals surface area contributed by atoms with Crippen LogP contribution in [0.4, 0.5) is 17.1 Å². The van der Waals surface area contributed by atoms with Crippen LogP contribution >= 0.6 is 0 Å². The quantitative estimate of drug-likeness (QED) is 0.0543. The van der Waals surface area contributed by atoms with Gasteiger partial charge in [-0.2, -0.15) is 5.10 Å². The highest BCUT2D eigenvalue weighted by molar-refractivity contribution is 7.95. The fourth-order valence-electron chi connectivity index (χ4n) is 6.12. The van der Waals surface area contributed by atoms with E-state index in [1.807, 2.05) is 54.6 Å². The van der Waals surface area contributed by atoms with E-state index in [0.717, 1.165) is 43.1 Å². The number of aryl methyl sites for hydroxylation is 2. The van der Waals surface area contributed by atoms with Crippen LogP contribution in [-0.2, 0) is 42.5 Å². The van der Waals surface area contributed by atoms with Crippen LogP contribution in [0.25, 0.3) is 22.8 Å². The van der Waals surface area contributed by atoms with Crippen molar-refractivity contribution in [2.75, 3.05) is 34.8 Å². The Morgan fingerprint density at radius 2 is 1.07 bits per heavy atom. The SMILES string of the molecule is C=CS(=O)(=O)N(CCCNC(=O)Cc1ccc(-c2ncc(C)nn2)cc1)c1ccc([N+](=O)[O-])cc1.C=CS(=O)(=O)N(CCCNC(=O)Cc1ccc(-c2nnc(C)nn2)cc1)c1ccccc1. The molecule has 67 heavy (non-hydrogen) atoms. The average molecular weight is 949 g/mol. The fourth-order valence-corrected chi connectivity index (χ4v) is 8.08. The number of anilines is 2. The Labute approximate surface area is 388 Å². The Morgan fingerprint density at radius 1 is 0.627 bits per heavy atom. The van der Waals surface area contributed by atoms with Gasteiger partial charge in [-0.25, -0.2) is 21.8 Å². The molecule has 22 heteroatoms. The number of nitrogens with zero attached hydrogens (tertiary/aromatic N) is 10. The lowest BCUT2D eigenvalue weighted by atomic mass is 10.1. The van der Waals surface area contributed by atoms with Crippen molar-refractivity contribution in [2.24, 2.45) is 0 Å². The first kappa shape index (κ1) is 50.2. The zero-order valence-electron chi connectivity index (χ0n) is 36.7. The van der Waals surface area contributed by atoms with Crippen LogP contribution in [0.5, 0.6) is 0 Å². The molecule has 0 fully saturated rings. The first-order valence-corrected chi connectivity index (χ1v) is 23.6. The number of non-ortho nitro benzene ring substituents is 1. The van der Waals surface area contributed by atoms with Crippen LogP contribution in [0.15, 0.2) is 133 Å². The van der Waals surface area contributed by atoms with Gasteiger partial charge in [-0.1, -0.05) is 79.9 Å². The molecule has 20 nitrogen and oxygen atoms in total. The minimum atomic E-state index is -3.83. The molecule has 2 aromatic heterocycles. The number of carbonyl (C=O) groups excluding carboxylic acids is 2. The third-order valence-electron chi connectivity index (χ3n) is 9.56. The van der Waals surface area contributed by atoms with E-state index in [2.05, 4.69) is 59.4 Å². The minimum absolute atomic E-state index is 0.0612. The van der Waals surface area contributed by atoms with Gasteiger partial charge in [0.25, 0.3) is 25.7 Å². The summed E-state index contributed by atoms with van der Waals surface area (Å²) in [4.78, 5) is 39.1. The van der Waals surface area contributed by atoms with Gasteiger partial charge in [-0.3, -0.25) is 28.3 Å². The van der Waals surface area contributed by atoms with Gasteiger partial charge in [0.15, 0.2) is 11.6 Å². The summed E-state index contributed by atoms with van der Waals surface area (Å²) in [7, 11) is -7.45. The Morgan fingerprint density at radius 3 is 1.51 bits per heavy atom. The maximum Gasteiger partial charge on any atom is 0.269 e.